The zero-order chi connectivity index (χ0) is 14.1. The van der Waals surface area contributed by atoms with Crippen molar-refractivity contribution in [3.05, 3.63) is 35.4 Å². The van der Waals surface area contributed by atoms with E-state index >= 15 is 0 Å². The first kappa shape index (κ1) is 15.2. The molecule has 0 N–H and O–H groups in total. The highest BCUT2D eigenvalue weighted by Gasteiger charge is 2.20. The van der Waals surface area contributed by atoms with E-state index in [1.807, 2.05) is 6.07 Å². The number of carbonyl (C=O) groups excluding carboxylic acids is 2. The molecule has 0 aliphatic heterocycles. The van der Waals surface area contributed by atoms with Gasteiger partial charge in [-0.05, 0) is 31.4 Å². The van der Waals surface area contributed by atoms with Crippen molar-refractivity contribution >= 4 is 23.7 Å². The molecule has 0 radical (unpaired) electrons. The molecule has 0 saturated carbocycles. The molecule has 1 rings (SSSR count). The second kappa shape index (κ2) is 8.31. The molecule has 0 aliphatic carbocycles. The Morgan fingerprint density at radius 2 is 1.84 bits per heavy atom. The number of rotatable bonds is 6. The van der Waals surface area contributed by atoms with Crippen LogP contribution in [0.3, 0.4) is 0 Å². The maximum atomic E-state index is 11.7. The Kier molecular flexibility index (Phi) is 6.67. The van der Waals surface area contributed by atoms with Crippen LogP contribution in [-0.4, -0.2) is 30.1 Å². The fourth-order valence-corrected chi connectivity index (χ4v) is 1.84. The Morgan fingerprint density at radius 1 is 1.21 bits per heavy atom. The maximum absolute atomic E-state index is 11.7. The van der Waals surface area contributed by atoms with E-state index in [1.165, 1.54) is 5.41 Å². The molecule has 6 heteroatoms. The van der Waals surface area contributed by atoms with Crippen LogP contribution in [0.15, 0.2) is 40.4 Å². The highest BCUT2D eigenvalue weighted by atomic mass is 32.2. The number of hydrogen-bond donors (Lipinski definition) is 0. The molecule has 1 aromatic rings. The molecule has 1 heterocycles. The molecular formula is C13H15NO4S. The minimum Gasteiger partial charge on any atom is -0.462 e. The van der Waals surface area contributed by atoms with Crippen LogP contribution in [0.5, 0.6) is 0 Å². The van der Waals surface area contributed by atoms with Gasteiger partial charge in [0.25, 0.3) is 0 Å². The molecule has 0 saturated heterocycles. The second-order valence-corrected chi connectivity index (χ2v) is 4.15. The quantitative estimate of drug-likeness (QED) is 0.262. The Morgan fingerprint density at radius 3 is 2.32 bits per heavy atom. The lowest BCUT2D eigenvalue weighted by molar-refractivity contribution is -0.146. The van der Waals surface area contributed by atoms with Gasteiger partial charge in [-0.1, -0.05) is 17.8 Å². The Hall–Kier alpha value is -1.82. The average Bonchev–Trinajstić information content (AvgIpc) is 2.41. The summed E-state index contributed by atoms with van der Waals surface area (Å²) in [4.78, 5) is 27.4. The standard InChI is InChI=1S/C13H15NO4S/c1-3-17-12(15)10(13(16)18-4-2)9-19-11-7-5-6-8-14-11/h5-9H,3-4H2,1-2H3. The van der Waals surface area contributed by atoms with E-state index in [4.69, 9.17) is 9.47 Å². The van der Waals surface area contributed by atoms with Crippen molar-refractivity contribution in [2.24, 2.45) is 0 Å². The van der Waals surface area contributed by atoms with Crippen molar-refractivity contribution < 1.29 is 19.1 Å². The van der Waals surface area contributed by atoms with Gasteiger partial charge in [0.05, 0.1) is 13.2 Å². The lowest BCUT2D eigenvalue weighted by Crippen LogP contribution is -2.18. The number of esters is 2. The third-order valence-corrected chi connectivity index (χ3v) is 2.76. The number of pyridine rings is 1. The second-order valence-electron chi connectivity index (χ2n) is 3.26. The first-order chi connectivity index (χ1) is 9.19. The molecule has 0 aromatic carbocycles. The van der Waals surface area contributed by atoms with Crippen molar-refractivity contribution in [3.63, 3.8) is 0 Å². The van der Waals surface area contributed by atoms with Gasteiger partial charge in [-0.3, -0.25) is 0 Å². The van der Waals surface area contributed by atoms with E-state index in [9.17, 15) is 9.59 Å². The van der Waals surface area contributed by atoms with Crippen LogP contribution in [0.2, 0.25) is 0 Å². The summed E-state index contributed by atoms with van der Waals surface area (Å²) >= 11 is 1.16. The Balaban J connectivity index is 2.83. The van der Waals surface area contributed by atoms with Gasteiger partial charge in [-0.2, -0.15) is 0 Å². The molecule has 0 amide bonds. The first-order valence-electron chi connectivity index (χ1n) is 5.81. The van der Waals surface area contributed by atoms with Crippen LogP contribution in [0, 0.1) is 0 Å². The van der Waals surface area contributed by atoms with Gasteiger partial charge >= 0.3 is 11.9 Å². The number of ether oxygens (including phenoxy) is 2. The monoisotopic (exact) mass is 281 g/mol. The third-order valence-electron chi connectivity index (χ3n) is 1.93. The number of thioether (sulfide) groups is 1. The van der Waals surface area contributed by atoms with Gasteiger partial charge in [0, 0.05) is 6.20 Å². The summed E-state index contributed by atoms with van der Waals surface area (Å²) in [6.45, 7) is 3.74. The van der Waals surface area contributed by atoms with Crippen LogP contribution in [0.1, 0.15) is 13.8 Å². The molecule has 0 fully saturated rings. The number of aromatic nitrogens is 1. The van der Waals surface area contributed by atoms with E-state index in [1.54, 1.807) is 32.2 Å². The van der Waals surface area contributed by atoms with Crippen molar-refractivity contribution in [3.8, 4) is 0 Å². The third kappa shape index (κ3) is 5.13. The van der Waals surface area contributed by atoms with Gasteiger partial charge < -0.3 is 9.47 Å². The smallest absolute Gasteiger partial charge is 0.346 e. The van der Waals surface area contributed by atoms with Gasteiger partial charge in [0.1, 0.15) is 5.03 Å². The first-order valence-corrected chi connectivity index (χ1v) is 6.69. The van der Waals surface area contributed by atoms with E-state index in [0.717, 1.165) is 11.8 Å². The van der Waals surface area contributed by atoms with Crippen molar-refractivity contribution in [1.29, 1.82) is 0 Å². The van der Waals surface area contributed by atoms with Gasteiger partial charge in [0.15, 0.2) is 5.57 Å². The van der Waals surface area contributed by atoms with Crippen LogP contribution in [0.25, 0.3) is 0 Å². The van der Waals surface area contributed by atoms with E-state index < -0.39 is 11.9 Å². The lowest BCUT2D eigenvalue weighted by atomic mass is 10.3. The summed E-state index contributed by atoms with van der Waals surface area (Å²) in [5, 5.41) is 2.08. The van der Waals surface area contributed by atoms with Crippen molar-refractivity contribution in [2.75, 3.05) is 13.2 Å². The molecule has 0 spiro atoms. The number of carbonyl (C=O) groups is 2. The summed E-state index contributed by atoms with van der Waals surface area (Å²) in [5.74, 6) is -1.38. The highest BCUT2D eigenvalue weighted by molar-refractivity contribution is 8.02. The van der Waals surface area contributed by atoms with E-state index in [0.29, 0.717) is 5.03 Å². The fourth-order valence-electron chi connectivity index (χ4n) is 1.13. The highest BCUT2D eigenvalue weighted by Crippen LogP contribution is 2.19. The van der Waals surface area contributed by atoms with Crippen LogP contribution < -0.4 is 0 Å². The normalized spacial score (nSPS) is 9.58. The largest absolute Gasteiger partial charge is 0.462 e. The van der Waals surface area contributed by atoms with Crippen molar-refractivity contribution in [1.82, 2.24) is 4.98 Å². The summed E-state index contributed by atoms with van der Waals surface area (Å²) in [7, 11) is 0. The molecule has 1 aromatic heterocycles. The molecule has 0 atom stereocenters. The molecule has 0 bridgehead atoms. The minimum absolute atomic E-state index is 0.126. The number of hydrogen-bond acceptors (Lipinski definition) is 6. The topological polar surface area (TPSA) is 65.5 Å². The van der Waals surface area contributed by atoms with E-state index in [2.05, 4.69) is 4.98 Å². The Labute approximate surface area is 116 Å². The maximum Gasteiger partial charge on any atom is 0.346 e. The van der Waals surface area contributed by atoms with Crippen molar-refractivity contribution in [2.45, 2.75) is 18.9 Å². The molecule has 19 heavy (non-hydrogen) atoms. The van der Waals surface area contributed by atoms with Gasteiger partial charge in [0.2, 0.25) is 0 Å². The SMILES string of the molecule is CCOC(=O)C(=CSc1ccccn1)C(=O)OCC. The number of nitrogens with zero attached hydrogens (tertiary/aromatic N) is 1. The van der Waals surface area contributed by atoms with E-state index in [-0.39, 0.29) is 18.8 Å². The predicted molar refractivity (Wildman–Crippen MR) is 71.4 cm³/mol. The van der Waals surface area contributed by atoms with Gasteiger partial charge in [-0.15, -0.1) is 0 Å². The summed E-state index contributed by atoms with van der Waals surface area (Å²) < 4.78 is 9.64. The summed E-state index contributed by atoms with van der Waals surface area (Å²) in [6.07, 6.45) is 1.63. The van der Waals surface area contributed by atoms with Gasteiger partial charge in [-0.25, -0.2) is 14.6 Å². The average molecular weight is 281 g/mol. The zero-order valence-corrected chi connectivity index (χ0v) is 11.6. The minimum atomic E-state index is -0.690. The molecule has 0 aliphatic rings. The predicted octanol–water partition coefficient (Wildman–Crippen LogP) is 2.18. The Bertz CT molecular complexity index is 439. The molecule has 5 nitrogen and oxygen atoms in total. The zero-order valence-electron chi connectivity index (χ0n) is 10.8. The van der Waals surface area contributed by atoms with Crippen LogP contribution in [0.4, 0.5) is 0 Å². The molecular weight excluding hydrogens is 266 g/mol. The molecule has 0 unspecified atom stereocenters. The van der Waals surface area contributed by atoms with Crippen LogP contribution >= 0.6 is 11.8 Å². The summed E-state index contributed by atoms with van der Waals surface area (Å²) in [6, 6.07) is 5.37. The molecule has 102 valence electrons. The summed E-state index contributed by atoms with van der Waals surface area (Å²) in [5.41, 5.74) is -0.126. The lowest BCUT2D eigenvalue weighted by Gasteiger charge is -2.06. The fraction of sp³-hybridized carbons (Fsp3) is 0.308. The van der Waals surface area contributed by atoms with Crippen LogP contribution in [-0.2, 0) is 19.1 Å².